The average molecular weight is 446 g/mol. The summed E-state index contributed by atoms with van der Waals surface area (Å²) in [6.07, 6.45) is 32.0. The summed E-state index contributed by atoms with van der Waals surface area (Å²) in [5.74, 6) is 0. The van der Waals surface area contributed by atoms with Gasteiger partial charge >= 0.3 is 0 Å². The molecule has 0 bridgehead atoms. The lowest BCUT2D eigenvalue weighted by molar-refractivity contribution is 0.267. The van der Waals surface area contributed by atoms with Gasteiger partial charge in [0, 0.05) is 0 Å². The summed E-state index contributed by atoms with van der Waals surface area (Å²) in [6, 6.07) is 0. The van der Waals surface area contributed by atoms with Gasteiger partial charge < -0.3 is 4.90 Å². The van der Waals surface area contributed by atoms with Gasteiger partial charge in [-0.15, -0.1) is 12.4 Å². The molecule has 0 rings (SSSR count). The van der Waals surface area contributed by atoms with Gasteiger partial charge in [0.25, 0.3) is 0 Å². The van der Waals surface area contributed by atoms with Crippen molar-refractivity contribution in [3.63, 3.8) is 0 Å². The topological polar surface area (TPSA) is 3.24 Å². The molecule has 0 aromatic rings. The molecule has 0 aliphatic heterocycles. The fourth-order valence-electron chi connectivity index (χ4n) is 4.56. The number of rotatable bonds is 25. The molecule has 184 valence electrons. The average Bonchev–Trinajstić information content (AvgIpc) is 2.72. The van der Waals surface area contributed by atoms with Gasteiger partial charge in [0.05, 0.1) is 0 Å². The third-order valence-electron chi connectivity index (χ3n) is 6.41. The van der Waals surface area contributed by atoms with Crippen molar-refractivity contribution in [3.05, 3.63) is 0 Å². The summed E-state index contributed by atoms with van der Waals surface area (Å²) < 4.78 is 0. The van der Waals surface area contributed by atoms with E-state index in [9.17, 15) is 0 Å². The molecule has 0 saturated carbocycles. The normalized spacial score (nSPS) is 11.2. The van der Waals surface area contributed by atoms with Gasteiger partial charge in [-0.25, -0.2) is 0 Å². The Morgan fingerprint density at radius 2 is 0.567 bits per heavy atom. The minimum Gasteiger partial charge on any atom is -0.303 e. The maximum atomic E-state index is 2.66. The lowest BCUT2D eigenvalue weighted by Gasteiger charge is -2.20. The van der Waals surface area contributed by atoms with Gasteiger partial charge in [0.15, 0.2) is 0 Å². The maximum absolute atomic E-state index is 2.66. The molecule has 0 saturated heterocycles. The first-order chi connectivity index (χ1) is 14.3. The van der Waals surface area contributed by atoms with Crippen molar-refractivity contribution in [2.45, 2.75) is 162 Å². The first-order valence-corrected chi connectivity index (χ1v) is 14.1. The van der Waals surface area contributed by atoms with E-state index in [0.29, 0.717) is 0 Å². The zero-order valence-electron chi connectivity index (χ0n) is 21.5. The largest absolute Gasteiger partial charge is 0.303 e. The van der Waals surface area contributed by atoms with Crippen LogP contribution >= 0.6 is 12.4 Å². The molecule has 0 radical (unpaired) electrons. The van der Waals surface area contributed by atoms with Crippen molar-refractivity contribution in [1.82, 2.24) is 4.90 Å². The molecule has 1 nitrogen and oxygen atoms in total. The molecule has 0 unspecified atom stereocenters. The molecule has 0 fully saturated rings. The Morgan fingerprint density at radius 1 is 0.300 bits per heavy atom. The number of hydrogen-bond donors (Lipinski definition) is 0. The maximum Gasteiger partial charge on any atom is -0.00187 e. The van der Waals surface area contributed by atoms with Crippen LogP contribution in [0.15, 0.2) is 0 Å². The Balaban J connectivity index is 0. The molecular weight excluding hydrogens is 386 g/mol. The standard InChI is InChI=1S/C28H59N.ClH/c1-4-7-8-9-10-11-12-13-14-15-16-17-18-19-20-21-22-23-24-25-28-29(26-5-2)27-6-3;/h4-28H2,1-3H3;1H. The fourth-order valence-corrected chi connectivity index (χ4v) is 4.56. The van der Waals surface area contributed by atoms with Crippen LogP contribution in [0.2, 0.25) is 0 Å². The zero-order valence-corrected chi connectivity index (χ0v) is 22.3. The van der Waals surface area contributed by atoms with Crippen LogP contribution in [0.3, 0.4) is 0 Å². The van der Waals surface area contributed by atoms with E-state index < -0.39 is 0 Å². The van der Waals surface area contributed by atoms with E-state index >= 15 is 0 Å². The van der Waals surface area contributed by atoms with Gasteiger partial charge in [-0.3, -0.25) is 0 Å². The van der Waals surface area contributed by atoms with Crippen molar-refractivity contribution in [1.29, 1.82) is 0 Å². The summed E-state index contributed by atoms with van der Waals surface area (Å²) in [7, 11) is 0. The molecule has 0 aromatic carbocycles. The van der Waals surface area contributed by atoms with Crippen LogP contribution in [0, 0.1) is 0 Å². The van der Waals surface area contributed by atoms with Crippen molar-refractivity contribution in [2.24, 2.45) is 0 Å². The Morgan fingerprint density at radius 3 is 0.833 bits per heavy atom. The number of hydrogen-bond acceptors (Lipinski definition) is 1. The van der Waals surface area contributed by atoms with E-state index in [2.05, 4.69) is 25.7 Å². The Hall–Kier alpha value is 0.250. The lowest BCUT2D eigenvalue weighted by atomic mass is 10.0. The van der Waals surface area contributed by atoms with Crippen molar-refractivity contribution >= 4 is 12.4 Å². The molecule has 2 heteroatoms. The minimum absolute atomic E-state index is 0. The van der Waals surface area contributed by atoms with Crippen molar-refractivity contribution < 1.29 is 0 Å². The van der Waals surface area contributed by atoms with E-state index in [1.165, 1.54) is 161 Å². The van der Waals surface area contributed by atoms with Gasteiger partial charge in [-0.1, -0.05) is 143 Å². The van der Waals surface area contributed by atoms with Crippen LogP contribution in [0.1, 0.15) is 162 Å². The highest BCUT2D eigenvalue weighted by atomic mass is 35.5. The number of nitrogens with zero attached hydrogens (tertiary/aromatic N) is 1. The summed E-state index contributed by atoms with van der Waals surface area (Å²) in [5.41, 5.74) is 0. The highest BCUT2D eigenvalue weighted by molar-refractivity contribution is 5.85. The lowest BCUT2D eigenvalue weighted by Crippen LogP contribution is -2.26. The van der Waals surface area contributed by atoms with E-state index in [-0.39, 0.29) is 12.4 Å². The van der Waals surface area contributed by atoms with Crippen LogP contribution in [-0.2, 0) is 0 Å². The second kappa shape index (κ2) is 29.2. The monoisotopic (exact) mass is 445 g/mol. The minimum atomic E-state index is 0. The Bertz CT molecular complexity index is 276. The van der Waals surface area contributed by atoms with Crippen molar-refractivity contribution in [3.8, 4) is 0 Å². The molecule has 0 amide bonds. The van der Waals surface area contributed by atoms with Gasteiger partial charge in [-0.2, -0.15) is 0 Å². The second-order valence-corrected chi connectivity index (χ2v) is 9.56. The Kier molecular flexibility index (Phi) is 31.6. The van der Waals surface area contributed by atoms with Gasteiger partial charge in [-0.05, 0) is 38.9 Å². The van der Waals surface area contributed by atoms with Crippen LogP contribution in [0.25, 0.3) is 0 Å². The molecule has 0 N–H and O–H groups in total. The summed E-state index contributed by atoms with van der Waals surface area (Å²) in [5, 5.41) is 0. The van der Waals surface area contributed by atoms with E-state index in [1.54, 1.807) is 0 Å². The van der Waals surface area contributed by atoms with E-state index in [4.69, 9.17) is 0 Å². The van der Waals surface area contributed by atoms with Gasteiger partial charge in [0.1, 0.15) is 0 Å². The highest BCUT2D eigenvalue weighted by Crippen LogP contribution is 2.15. The molecule has 0 heterocycles. The molecule has 0 aliphatic rings. The van der Waals surface area contributed by atoms with Crippen LogP contribution in [0.4, 0.5) is 0 Å². The molecule has 0 atom stereocenters. The van der Waals surface area contributed by atoms with Crippen molar-refractivity contribution in [2.75, 3.05) is 19.6 Å². The predicted molar refractivity (Wildman–Crippen MR) is 142 cm³/mol. The highest BCUT2D eigenvalue weighted by Gasteiger charge is 2.01. The number of unbranched alkanes of at least 4 members (excludes halogenated alkanes) is 19. The third-order valence-corrected chi connectivity index (χ3v) is 6.41. The van der Waals surface area contributed by atoms with Crippen LogP contribution in [-0.4, -0.2) is 24.5 Å². The molecule has 0 spiro atoms. The second-order valence-electron chi connectivity index (χ2n) is 9.56. The van der Waals surface area contributed by atoms with E-state index in [0.717, 1.165) is 0 Å². The summed E-state index contributed by atoms with van der Waals surface area (Å²) >= 11 is 0. The first kappa shape index (κ1) is 32.4. The molecular formula is C28H60ClN. The summed E-state index contributed by atoms with van der Waals surface area (Å²) in [6.45, 7) is 10.8. The van der Waals surface area contributed by atoms with Gasteiger partial charge in [0.2, 0.25) is 0 Å². The molecule has 0 aliphatic carbocycles. The van der Waals surface area contributed by atoms with Crippen LogP contribution in [0.5, 0.6) is 0 Å². The van der Waals surface area contributed by atoms with E-state index in [1.807, 2.05) is 0 Å². The SMILES string of the molecule is CCCCCCCCCCCCCCCCCCCCCCN(CCC)CCC.Cl. The fraction of sp³-hybridized carbons (Fsp3) is 1.00. The first-order valence-electron chi connectivity index (χ1n) is 14.1. The molecule has 30 heavy (non-hydrogen) atoms. The molecule has 0 aromatic heterocycles. The summed E-state index contributed by atoms with van der Waals surface area (Å²) in [4.78, 5) is 2.66. The number of halogens is 1. The quantitative estimate of drug-likeness (QED) is 0.126. The Labute approximate surface area is 199 Å². The zero-order chi connectivity index (χ0) is 21.3. The van der Waals surface area contributed by atoms with Crippen LogP contribution < -0.4 is 0 Å². The smallest absolute Gasteiger partial charge is 0.00187 e. The predicted octanol–water partition coefficient (Wildman–Crippen LogP) is 10.4. The third kappa shape index (κ3) is 26.3.